The molecule has 4 rings (SSSR count). The fraction of sp³-hybridized carbons (Fsp3) is 0.318. The largest absolute Gasteiger partial charge is 0.494 e. The molecule has 156 valence electrons. The number of aromatic nitrogens is 3. The number of hydrogen-bond donors (Lipinski definition) is 2. The molecule has 2 N–H and O–H groups in total. The molecule has 0 spiro atoms. The van der Waals surface area contributed by atoms with E-state index >= 15 is 0 Å². The van der Waals surface area contributed by atoms with Gasteiger partial charge in [0.2, 0.25) is 11.1 Å². The zero-order valence-corrected chi connectivity index (χ0v) is 17.9. The average molecular weight is 424 g/mol. The molecule has 1 aliphatic heterocycles. The number of fused-ring (bicyclic) bond motifs is 1. The van der Waals surface area contributed by atoms with E-state index in [4.69, 9.17) is 4.74 Å². The van der Waals surface area contributed by atoms with Gasteiger partial charge < -0.3 is 15.5 Å². The maximum Gasteiger partial charge on any atom is 0.240 e. The number of ether oxygens (including phenoxy) is 1. The SMILES string of the molecule is CCCc1nnc2n1N[C@H](c1ccc(OCC)cc1)[C@@H](C(=O)Nc1ccccc1)S2. The number of anilines is 1. The summed E-state index contributed by atoms with van der Waals surface area (Å²) in [5, 5.41) is 11.9. The maximum absolute atomic E-state index is 13.2. The van der Waals surface area contributed by atoms with Crippen LogP contribution in [0.1, 0.15) is 37.7 Å². The molecule has 1 amide bonds. The Labute approximate surface area is 180 Å². The van der Waals surface area contributed by atoms with Gasteiger partial charge in [-0.25, -0.2) is 4.68 Å². The van der Waals surface area contributed by atoms with Gasteiger partial charge in [-0.3, -0.25) is 4.79 Å². The highest BCUT2D eigenvalue weighted by molar-refractivity contribution is 8.00. The molecule has 2 aromatic carbocycles. The van der Waals surface area contributed by atoms with E-state index in [1.165, 1.54) is 11.8 Å². The van der Waals surface area contributed by atoms with E-state index < -0.39 is 5.25 Å². The molecule has 0 bridgehead atoms. The second kappa shape index (κ2) is 9.21. The minimum atomic E-state index is -0.408. The Morgan fingerprint density at radius 2 is 1.90 bits per heavy atom. The van der Waals surface area contributed by atoms with E-state index in [0.29, 0.717) is 11.8 Å². The number of aryl methyl sites for hydroxylation is 1. The number of amides is 1. The number of thioether (sulfide) groups is 1. The molecule has 1 aromatic heterocycles. The lowest BCUT2D eigenvalue weighted by atomic mass is 10.0. The van der Waals surface area contributed by atoms with Crippen molar-refractivity contribution in [3.63, 3.8) is 0 Å². The summed E-state index contributed by atoms with van der Waals surface area (Å²) in [5.74, 6) is 1.60. The van der Waals surface area contributed by atoms with Gasteiger partial charge in [0.25, 0.3) is 0 Å². The molecule has 0 radical (unpaired) electrons. The van der Waals surface area contributed by atoms with Crippen LogP contribution in [0, 0.1) is 0 Å². The van der Waals surface area contributed by atoms with Crippen molar-refractivity contribution in [3.05, 3.63) is 66.0 Å². The Kier molecular flexibility index (Phi) is 6.23. The van der Waals surface area contributed by atoms with E-state index in [-0.39, 0.29) is 11.9 Å². The van der Waals surface area contributed by atoms with Crippen molar-refractivity contribution in [3.8, 4) is 5.75 Å². The Morgan fingerprint density at radius 1 is 1.13 bits per heavy atom. The Bertz CT molecular complexity index is 991. The molecule has 0 fully saturated rings. The van der Waals surface area contributed by atoms with E-state index in [2.05, 4.69) is 27.9 Å². The van der Waals surface area contributed by atoms with Crippen LogP contribution in [0.25, 0.3) is 0 Å². The predicted octanol–water partition coefficient (Wildman–Crippen LogP) is 4.03. The molecule has 0 saturated heterocycles. The fourth-order valence-corrected chi connectivity index (χ4v) is 4.51. The van der Waals surface area contributed by atoms with Crippen LogP contribution in [0.15, 0.2) is 59.8 Å². The number of hydrogen-bond acceptors (Lipinski definition) is 6. The summed E-state index contributed by atoms with van der Waals surface area (Å²) in [7, 11) is 0. The number of benzene rings is 2. The lowest BCUT2D eigenvalue weighted by Gasteiger charge is -2.33. The molecular formula is C22H25N5O2S. The average Bonchev–Trinajstić information content (AvgIpc) is 3.16. The third-order valence-corrected chi connectivity index (χ3v) is 6.04. The minimum absolute atomic E-state index is 0.0797. The van der Waals surface area contributed by atoms with Gasteiger partial charge in [0, 0.05) is 12.1 Å². The zero-order valence-electron chi connectivity index (χ0n) is 17.0. The molecule has 0 unspecified atom stereocenters. The minimum Gasteiger partial charge on any atom is -0.494 e. The standard InChI is InChI=1S/C22H25N5O2S/c1-3-8-18-24-25-22-27(18)26-19(15-11-13-17(14-12-15)29-4-2)20(30-22)21(28)23-16-9-6-5-7-10-16/h5-7,9-14,19-20,26H,3-4,8H2,1-2H3,(H,23,28)/t19-,20+/m1/s1. The first-order valence-electron chi connectivity index (χ1n) is 10.2. The van der Waals surface area contributed by atoms with Gasteiger partial charge >= 0.3 is 0 Å². The van der Waals surface area contributed by atoms with Crippen LogP contribution in [0.4, 0.5) is 5.69 Å². The fourth-order valence-electron chi connectivity index (χ4n) is 3.41. The van der Waals surface area contributed by atoms with Gasteiger partial charge in [-0.2, -0.15) is 0 Å². The predicted molar refractivity (Wildman–Crippen MR) is 118 cm³/mol. The normalized spacial score (nSPS) is 17.7. The van der Waals surface area contributed by atoms with Crippen molar-refractivity contribution in [1.29, 1.82) is 0 Å². The van der Waals surface area contributed by atoms with E-state index in [0.717, 1.165) is 35.7 Å². The second-order valence-electron chi connectivity index (χ2n) is 6.99. The van der Waals surface area contributed by atoms with Gasteiger partial charge in [-0.15, -0.1) is 10.2 Å². The topological polar surface area (TPSA) is 81.1 Å². The van der Waals surface area contributed by atoms with E-state index in [1.54, 1.807) is 0 Å². The molecule has 0 aliphatic carbocycles. The van der Waals surface area contributed by atoms with Gasteiger partial charge in [0.05, 0.1) is 12.6 Å². The van der Waals surface area contributed by atoms with Crippen molar-refractivity contribution in [2.24, 2.45) is 0 Å². The number of rotatable bonds is 7. The third kappa shape index (κ3) is 4.28. The highest BCUT2D eigenvalue weighted by Gasteiger charge is 2.37. The number of nitrogens with one attached hydrogen (secondary N) is 2. The monoisotopic (exact) mass is 423 g/mol. The van der Waals surface area contributed by atoms with Crippen molar-refractivity contribution in [2.45, 2.75) is 43.1 Å². The van der Waals surface area contributed by atoms with Crippen LogP contribution in [-0.2, 0) is 11.2 Å². The van der Waals surface area contributed by atoms with Crippen LogP contribution >= 0.6 is 11.8 Å². The summed E-state index contributed by atoms with van der Waals surface area (Å²) >= 11 is 1.43. The lowest BCUT2D eigenvalue weighted by molar-refractivity contribution is -0.116. The molecule has 8 heteroatoms. The number of carbonyl (C=O) groups is 1. The van der Waals surface area contributed by atoms with Gasteiger partial charge in [-0.1, -0.05) is 49.0 Å². The van der Waals surface area contributed by atoms with Crippen LogP contribution in [-0.4, -0.2) is 32.6 Å². The summed E-state index contributed by atoms with van der Waals surface area (Å²) in [6, 6.07) is 17.1. The molecular weight excluding hydrogens is 398 g/mol. The van der Waals surface area contributed by atoms with Gasteiger partial charge in [0.15, 0.2) is 5.82 Å². The summed E-state index contributed by atoms with van der Waals surface area (Å²) in [6.45, 7) is 4.68. The van der Waals surface area contributed by atoms with Crippen LogP contribution in [0.2, 0.25) is 0 Å². The second-order valence-corrected chi connectivity index (χ2v) is 8.10. The highest BCUT2D eigenvalue weighted by Crippen LogP contribution is 2.38. The van der Waals surface area contributed by atoms with Crippen molar-refractivity contribution >= 4 is 23.4 Å². The lowest BCUT2D eigenvalue weighted by Crippen LogP contribution is -2.41. The van der Waals surface area contributed by atoms with Crippen LogP contribution in [0.3, 0.4) is 0 Å². The Hall–Kier alpha value is -3.00. The Balaban J connectivity index is 1.64. The quantitative estimate of drug-likeness (QED) is 0.597. The molecule has 7 nitrogen and oxygen atoms in total. The zero-order chi connectivity index (χ0) is 20.9. The van der Waals surface area contributed by atoms with E-state index in [9.17, 15) is 4.79 Å². The van der Waals surface area contributed by atoms with Crippen molar-refractivity contribution in [1.82, 2.24) is 14.9 Å². The number of nitrogens with zero attached hydrogens (tertiary/aromatic N) is 3. The van der Waals surface area contributed by atoms with Gasteiger partial charge in [-0.05, 0) is 43.2 Å². The first-order chi connectivity index (χ1) is 14.7. The summed E-state index contributed by atoms with van der Waals surface area (Å²) in [6.07, 6.45) is 1.79. The molecule has 2 heterocycles. The molecule has 3 aromatic rings. The van der Waals surface area contributed by atoms with Crippen LogP contribution < -0.4 is 15.5 Å². The van der Waals surface area contributed by atoms with E-state index in [1.807, 2.05) is 66.2 Å². The first-order valence-corrected chi connectivity index (χ1v) is 11.0. The Morgan fingerprint density at radius 3 is 2.60 bits per heavy atom. The third-order valence-electron chi connectivity index (χ3n) is 4.83. The van der Waals surface area contributed by atoms with Crippen molar-refractivity contribution in [2.75, 3.05) is 17.3 Å². The summed E-state index contributed by atoms with van der Waals surface area (Å²) in [4.78, 5) is 13.2. The summed E-state index contributed by atoms with van der Waals surface area (Å²) in [5.41, 5.74) is 5.26. The molecule has 0 saturated carbocycles. The molecule has 2 atom stereocenters. The smallest absolute Gasteiger partial charge is 0.240 e. The number of carbonyl (C=O) groups excluding carboxylic acids is 1. The van der Waals surface area contributed by atoms with Crippen molar-refractivity contribution < 1.29 is 9.53 Å². The molecule has 1 aliphatic rings. The maximum atomic E-state index is 13.2. The highest BCUT2D eigenvalue weighted by atomic mass is 32.2. The van der Waals surface area contributed by atoms with Gasteiger partial charge in [0.1, 0.15) is 11.0 Å². The first kappa shape index (κ1) is 20.3. The van der Waals surface area contributed by atoms with Crippen LogP contribution in [0.5, 0.6) is 5.75 Å². The summed E-state index contributed by atoms with van der Waals surface area (Å²) < 4.78 is 7.48. The molecule has 30 heavy (non-hydrogen) atoms. The number of para-hydroxylation sites is 1.